The number of ether oxygens (including phenoxy) is 2. The lowest BCUT2D eigenvalue weighted by Crippen LogP contribution is -2.61. The van der Waals surface area contributed by atoms with E-state index in [-0.39, 0.29) is 6.42 Å². The molecule has 10 nitrogen and oxygen atoms in total. The highest BCUT2D eigenvalue weighted by molar-refractivity contribution is 7.80. The average molecular weight is 595 g/mol. The predicted octanol–water partition coefficient (Wildman–Crippen LogP) is 4.59. The summed E-state index contributed by atoms with van der Waals surface area (Å²) >= 11 is 5.89. The fourth-order valence-corrected chi connectivity index (χ4v) is 6.07. The van der Waals surface area contributed by atoms with Crippen LogP contribution < -0.4 is 10.6 Å². The second kappa shape index (κ2) is 12.5. The standard InChI is InChI=1S/C31H38N4O6S/c1-29(2,3)41-28(39)34-30(19-25(36)37,18-21-10-6-5-7-11-21)27(38)40-23-12-8-9-15-31(23,26(42)32-4)22-13-14-24-33-16-17-35(24)20-22/h5-7,10-11,13-14,16-17,20,23H,8-9,12,15,18-19H2,1-4H3,(H,32,42)(H,34,39)(H,36,37)/t23?,30-,31?/m0/s1. The van der Waals surface area contributed by atoms with E-state index in [2.05, 4.69) is 15.6 Å². The number of benzene rings is 1. The van der Waals surface area contributed by atoms with Crippen LogP contribution in [0.25, 0.3) is 5.65 Å². The second-order valence-corrected chi connectivity index (χ2v) is 12.2. The number of fused-ring (bicyclic) bond motifs is 1. The molecule has 1 aliphatic rings. The number of aromatic nitrogens is 2. The fraction of sp³-hybridized carbons (Fsp3) is 0.452. The van der Waals surface area contributed by atoms with Crippen molar-refractivity contribution < 1.29 is 29.0 Å². The number of carbonyl (C=O) groups excluding carboxylic acids is 2. The molecule has 11 heteroatoms. The Labute approximate surface area is 250 Å². The van der Waals surface area contributed by atoms with Crippen molar-refractivity contribution in [3.63, 3.8) is 0 Å². The van der Waals surface area contributed by atoms with E-state index in [1.807, 2.05) is 35.0 Å². The van der Waals surface area contributed by atoms with Crippen LogP contribution in [0.3, 0.4) is 0 Å². The fourth-order valence-electron chi connectivity index (χ4n) is 5.72. The van der Waals surface area contributed by atoms with Gasteiger partial charge in [0.15, 0.2) is 5.54 Å². The van der Waals surface area contributed by atoms with Crippen LogP contribution in [0, 0.1) is 0 Å². The zero-order valence-electron chi connectivity index (χ0n) is 24.4. The summed E-state index contributed by atoms with van der Waals surface area (Å²) in [5, 5.41) is 15.7. The lowest BCUT2D eigenvalue weighted by molar-refractivity contribution is -0.164. The number of thiocarbonyl (C=S) groups is 1. The molecule has 224 valence electrons. The molecule has 1 saturated carbocycles. The van der Waals surface area contributed by atoms with Crippen molar-refractivity contribution in [3.8, 4) is 0 Å². The Bertz CT molecular complexity index is 1450. The van der Waals surface area contributed by atoms with Gasteiger partial charge in [0.25, 0.3) is 0 Å². The molecule has 2 unspecified atom stereocenters. The van der Waals surface area contributed by atoms with Gasteiger partial charge in [-0.1, -0.05) is 55.0 Å². The number of hydrogen-bond donors (Lipinski definition) is 3. The Morgan fingerprint density at radius 3 is 2.55 bits per heavy atom. The van der Waals surface area contributed by atoms with E-state index in [9.17, 15) is 19.5 Å². The maximum atomic E-state index is 14.3. The molecule has 2 heterocycles. The van der Waals surface area contributed by atoms with E-state index in [0.717, 1.165) is 24.1 Å². The number of nitrogens with one attached hydrogen (secondary N) is 2. The van der Waals surface area contributed by atoms with Gasteiger partial charge in [-0.25, -0.2) is 14.6 Å². The van der Waals surface area contributed by atoms with Gasteiger partial charge in [0.1, 0.15) is 17.4 Å². The minimum atomic E-state index is -1.95. The van der Waals surface area contributed by atoms with Crippen molar-refractivity contribution in [2.24, 2.45) is 0 Å². The van der Waals surface area contributed by atoms with E-state index in [4.69, 9.17) is 21.7 Å². The van der Waals surface area contributed by atoms with E-state index in [1.54, 1.807) is 58.3 Å². The van der Waals surface area contributed by atoms with Crippen molar-refractivity contribution >= 4 is 40.9 Å². The first-order chi connectivity index (χ1) is 19.9. The van der Waals surface area contributed by atoms with E-state index < -0.39 is 47.1 Å². The third kappa shape index (κ3) is 6.73. The lowest BCUT2D eigenvalue weighted by Gasteiger charge is -2.45. The summed E-state index contributed by atoms with van der Waals surface area (Å²) in [6.07, 6.45) is 5.73. The molecule has 3 N–H and O–H groups in total. The van der Waals surface area contributed by atoms with Gasteiger partial charge in [0, 0.05) is 32.1 Å². The van der Waals surface area contributed by atoms with Crippen LogP contribution in [0.1, 0.15) is 64.0 Å². The van der Waals surface area contributed by atoms with Gasteiger partial charge in [-0.2, -0.15) is 0 Å². The minimum Gasteiger partial charge on any atom is -0.481 e. The molecule has 1 aromatic carbocycles. The van der Waals surface area contributed by atoms with Gasteiger partial charge in [-0.3, -0.25) is 4.79 Å². The number of aliphatic carboxylic acids is 1. The summed E-state index contributed by atoms with van der Waals surface area (Å²) < 4.78 is 13.7. The lowest BCUT2D eigenvalue weighted by atomic mass is 9.67. The van der Waals surface area contributed by atoms with E-state index >= 15 is 0 Å². The Kier molecular flexibility index (Phi) is 9.20. The molecule has 0 bridgehead atoms. The maximum absolute atomic E-state index is 14.3. The van der Waals surface area contributed by atoms with Gasteiger partial charge in [0.05, 0.1) is 16.8 Å². The van der Waals surface area contributed by atoms with Crippen LogP contribution in [-0.2, 0) is 30.9 Å². The molecule has 3 aromatic rings. The predicted molar refractivity (Wildman–Crippen MR) is 161 cm³/mol. The average Bonchev–Trinajstić information content (AvgIpc) is 3.40. The monoisotopic (exact) mass is 594 g/mol. The highest BCUT2D eigenvalue weighted by Gasteiger charge is 2.52. The normalized spacial score (nSPS) is 20.2. The minimum absolute atomic E-state index is 0.116. The number of carboxylic acids is 1. The SMILES string of the molecule is CNC(=S)C1(c2ccc3nccn3c2)CCCCC1OC(=O)[C@@](CC(=O)O)(Cc1ccccc1)NC(=O)OC(C)(C)C. The van der Waals surface area contributed by atoms with Crippen molar-refractivity contribution in [3.05, 3.63) is 72.2 Å². The van der Waals surface area contributed by atoms with Crippen molar-refractivity contribution in [2.45, 2.75) is 82.0 Å². The zero-order chi connectivity index (χ0) is 30.5. The smallest absolute Gasteiger partial charge is 0.408 e. The number of carbonyl (C=O) groups is 3. The van der Waals surface area contributed by atoms with Crippen LogP contribution in [0.4, 0.5) is 4.79 Å². The quantitative estimate of drug-likeness (QED) is 0.241. The molecule has 0 radical (unpaired) electrons. The number of carboxylic acid groups (broad SMARTS) is 1. The zero-order valence-corrected chi connectivity index (χ0v) is 25.2. The topological polar surface area (TPSA) is 131 Å². The first-order valence-electron chi connectivity index (χ1n) is 14.0. The summed E-state index contributed by atoms with van der Waals surface area (Å²) in [4.78, 5) is 44.5. The van der Waals surface area contributed by atoms with Crippen LogP contribution in [0.5, 0.6) is 0 Å². The molecule has 1 amide bonds. The Hall–Kier alpha value is -3.99. The molecule has 0 spiro atoms. The number of esters is 1. The summed E-state index contributed by atoms with van der Waals surface area (Å²) in [6.45, 7) is 5.06. The number of likely N-dealkylation sites (N-methyl/N-ethyl adjacent to an activating group) is 1. The van der Waals surface area contributed by atoms with Gasteiger partial charge < -0.3 is 29.6 Å². The van der Waals surface area contributed by atoms with Gasteiger partial charge in [-0.05, 0) is 57.2 Å². The molecule has 0 aliphatic heterocycles. The number of hydrogen-bond acceptors (Lipinski definition) is 7. The number of pyridine rings is 1. The van der Waals surface area contributed by atoms with Crippen molar-refractivity contribution in [1.29, 1.82) is 0 Å². The third-order valence-corrected chi connectivity index (χ3v) is 8.12. The van der Waals surface area contributed by atoms with Crippen molar-refractivity contribution in [2.75, 3.05) is 7.05 Å². The first-order valence-corrected chi connectivity index (χ1v) is 14.4. The van der Waals surface area contributed by atoms with Crippen LogP contribution in [0.15, 0.2) is 61.1 Å². The number of rotatable bonds is 9. The highest BCUT2D eigenvalue weighted by Crippen LogP contribution is 2.43. The van der Waals surface area contributed by atoms with Crippen LogP contribution in [0.2, 0.25) is 0 Å². The molecular formula is C31H38N4O6S. The van der Waals surface area contributed by atoms with Gasteiger partial charge in [0.2, 0.25) is 0 Å². The molecule has 1 fully saturated rings. The first kappa shape index (κ1) is 31.0. The van der Waals surface area contributed by atoms with Crippen LogP contribution in [-0.4, -0.2) is 61.8 Å². The Balaban J connectivity index is 1.78. The third-order valence-electron chi connectivity index (χ3n) is 7.56. The summed E-state index contributed by atoms with van der Waals surface area (Å²) in [5.74, 6) is -2.14. The molecular weight excluding hydrogens is 556 g/mol. The Morgan fingerprint density at radius 1 is 1.14 bits per heavy atom. The second-order valence-electron chi connectivity index (χ2n) is 11.7. The van der Waals surface area contributed by atoms with Gasteiger partial charge >= 0.3 is 18.0 Å². The maximum Gasteiger partial charge on any atom is 0.408 e. The molecule has 1 aliphatic carbocycles. The Morgan fingerprint density at radius 2 is 1.88 bits per heavy atom. The number of nitrogens with zero attached hydrogens (tertiary/aromatic N) is 2. The van der Waals surface area contributed by atoms with Gasteiger partial charge in [-0.15, -0.1) is 0 Å². The molecule has 3 atom stereocenters. The molecule has 42 heavy (non-hydrogen) atoms. The molecule has 0 saturated heterocycles. The number of alkyl carbamates (subject to hydrolysis) is 1. The molecule has 2 aromatic heterocycles. The van der Waals surface area contributed by atoms with E-state index in [1.165, 1.54) is 0 Å². The highest BCUT2D eigenvalue weighted by atomic mass is 32.1. The summed E-state index contributed by atoms with van der Waals surface area (Å²) in [5.41, 5.74) is -1.45. The number of amides is 1. The summed E-state index contributed by atoms with van der Waals surface area (Å²) in [6, 6.07) is 12.7. The van der Waals surface area contributed by atoms with Crippen molar-refractivity contribution in [1.82, 2.24) is 20.0 Å². The molecule has 4 rings (SSSR count). The summed E-state index contributed by atoms with van der Waals surface area (Å²) in [7, 11) is 1.74. The van der Waals surface area contributed by atoms with E-state index in [0.29, 0.717) is 23.4 Å². The largest absolute Gasteiger partial charge is 0.481 e. The van der Waals surface area contributed by atoms with Crippen LogP contribution >= 0.6 is 12.2 Å². The number of imidazole rings is 1.